The SMILES string of the molecule is CCC(CC)C(CNC(=NC)NCC1(N(C)C)CCOCC1)N1CCOCC1. The second-order valence-electron chi connectivity index (χ2n) is 8.33. The average molecular weight is 398 g/mol. The van der Waals surface area contributed by atoms with Crippen molar-refractivity contribution in [1.29, 1.82) is 0 Å². The third-order valence-corrected chi connectivity index (χ3v) is 6.77. The molecule has 0 aliphatic carbocycles. The van der Waals surface area contributed by atoms with Crippen molar-refractivity contribution in [1.82, 2.24) is 20.4 Å². The molecule has 0 radical (unpaired) electrons. The predicted molar refractivity (Wildman–Crippen MR) is 116 cm³/mol. The maximum absolute atomic E-state index is 5.59. The molecule has 2 saturated heterocycles. The molecule has 0 aromatic rings. The van der Waals surface area contributed by atoms with E-state index in [0.29, 0.717) is 12.0 Å². The van der Waals surface area contributed by atoms with Crippen LogP contribution in [0.15, 0.2) is 4.99 Å². The number of nitrogens with zero attached hydrogens (tertiary/aromatic N) is 3. The van der Waals surface area contributed by atoms with Gasteiger partial charge >= 0.3 is 0 Å². The lowest BCUT2D eigenvalue weighted by molar-refractivity contribution is -0.00521. The van der Waals surface area contributed by atoms with Crippen molar-refractivity contribution < 1.29 is 9.47 Å². The molecule has 0 amide bonds. The molecule has 164 valence electrons. The monoisotopic (exact) mass is 397 g/mol. The number of morpholine rings is 1. The number of aliphatic imine (C=N–C) groups is 1. The number of likely N-dealkylation sites (N-methyl/N-ethyl adjacent to an activating group) is 1. The highest BCUT2D eigenvalue weighted by Gasteiger charge is 2.35. The summed E-state index contributed by atoms with van der Waals surface area (Å²) in [5, 5.41) is 7.21. The van der Waals surface area contributed by atoms with Crippen molar-refractivity contribution in [2.24, 2.45) is 10.9 Å². The Labute approximate surface area is 172 Å². The Hall–Kier alpha value is -0.890. The van der Waals surface area contributed by atoms with Gasteiger partial charge in [-0.05, 0) is 32.9 Å². The molecule has 0 saturated carbocycles. The lowest BCUT2D eigenvalue weighted by Crippen LogP contribution is -2.58. The molecule has 28 heavy (non-hydrogen) atoms. The van der Waals surface area contributed by atoms with E-state index in [-0.39, 0.29) is 5.54 Å². The van der Waals surface area contributed by atoms with Crippen LogP contribution in [0.25, 0.3) is 0 Å². The summed E-state index contributed by atoms with van der Waals surface area (Å²) < 4.78 is 11.2. The van der Waals surface area contributed by atoms with E-state index in [1.54, 1.807) is 0 Å². The van der Waals surface area contributed by atoms with E-state index in [9.17, 15) is 0 Å². The van der Waals surface area contributed by atoms with Gasteiger partial charge in [-0.1, -0.05) is 26.7 Å². The Kier molecular flexibility index (Phi) is 9.99. The van der Waals surface area contributed by atoms with Crippen molar-refractivity contribution in [3.63, 3.8) is 0 Å². The molecule has 2 aliphatic heterocycles. The van der Waals surface area contributed by atoms with Gasteiger partial charge in [0.25, 0.3) is 0 Å². The minimum atomic E-state index is 0.134. The zero-order chi connectivity index (χ0) is 20.4. The first-order valence-electron chi connectivity index (χ1n) is 11.1. The van der Waals surface area contributed by atoms with Gasteiger partial charge in [-0.15, -0.1) is 0 Å². The first-order chi connectivity index (χ1) is 13.6. The van der Waals surface area contributed by atoms with Gasteiger partial charge in [0, 0.05) is 58.0 Å². The summed E-state index contributed by atoms with van der Waals surface area (Å²) in [5.74, 6) is 1.59. The fourth-order valence-electron chi connectivity index (χ4n) is 4.54. The van der Waals surface area contributed by atoms with Crippen molar-refractivity contribution in [2.75, 3.05) is 73.7 Å². The minimum absolute atomic E-state index is 0.134. The van der Waals surface area contributed by atoms with E-state index in [1.807, 2.05) is 7.05 Å². The predicted octanol–water partition coefficient (Wildman–Crippen LogP) is 1.40. The minimum Gasteiger partial charge on any atom is -0.381 e. The molecule has 0 bridgehead atoms. The summed E-state index contributed by atoms with van der Waals surface area (Å²) in [6, 6.07) is 0.517. The van der Waals surface area contributed by atoms with E-state index < -0.39 is 0 Å². The molecule has 1 unspecified atom stereocenters. The van der Waals surface area contributed by atoms with Crippen LogP contribution in [-0.4, -0.2) is 101 Å². The lowest BCUT2D eigenvalue weighted by Gasteiger charge is -2.43. The zero-order valence-corrected chi connectivity index (χ0v) is 18.8. The van der Waals surface area contributed by atoms with Crippen LogP contribution in [0.1, 0.15) is 39.5 Å². The molecule has 1 atom stereocenters. The average Bonchev–Trinajstić information content (AvgIpc) is 2.74. The van der Waals surface area contributed by atoms with Crippen LogP contribution in [0.4, 0.5) is 0 Å². The summed E-state index contributed by atoms with van der Waals surface area (Å²) in [5.41, 5.74) is 0.134. The number of rotatable bonds is 9. The first-order valence-corrected chi connectivity index (χ1v) is 11.1. The Morgan fingerprint density at radius 1 is 1.04 bits per heavy atom. The van der Waals surface area contributed by atoms with E-state index in [0.717, 1.165) is 71.4 Å². The first kappa shape index (κ1) is 23.4. The fraction of sp³-hybridized carbons (Fsp3) is 0.952. The van der Waals surface area contributed by atoms with E-state index >= 15 is 0 Å². The number of hydrogen-bond acceptors (Lipinski definition) is 5. The summed E-state index contributed by atoms with van der Waals surface area (Å²) in [4.78, 5) is 9.43. The smallest absolute Gasteiger partial charge is 0.191 e. The van der Waals surface area contributed by atoms with Crippen LogP contribution in [0.5, 0.6) is 0 Å². The Bertz CT molecular complexity index is 456. The molecule has 2 fully saturated rings. The van der Waals surface area contributed by atoms with Gasteiger partial charge < -0.3 is 25.0 Å². The molecular weight excluding hydrogens is 354 g/mol. The standard InChI is InChI=1S/C21H43N5O2/c1-6-18(7-2)19(26-10-14-28-15-11-26)16-23-20(22-3)24-17-21(25(4)5)8-12-27-13-9-21/h18-19H,6-17H2,1-5H3,(H2,22,23,24). The van der Waals surface area contributed by atoms with Crippen LogP contribution in [0, 0.1) is 5.92 Å². The van der Waals surface area contributed by atoms with Gasteiger partial charge in [-0.2, -0.15) is 0 Å². The Morgan fingerprint density at radius 2 is 1.64 bits per heavy atom. The summed E-state index contributed by atoms with van der Waals surface area (Å²) >= 11 is 0. The van der Waals surface area contributed by atoms with Gasteiger partial charge in [-0.3, -0.25) is 9.89 Å². The summed E-state index contributed by atoms with van der Waals surface area (Å²) in [7, 11) is 6.21. The van der Waals surface area contributed by atoms with Crippen LogP contribution < -0.4 is 10.6 Å². The lowest BCUT2D eigenvalue weighted by atomic mass is 9.88. The third-order valence-electron chi connectivity index (χ3n) is 6.77. The molecule has 7 heteroatoms. The molecule has 0 aromatic carbocycles. The molecule has 7 nitrogen and oxygen atoms in total. The number of ether oxygens (including phenoxy) is 2. The highest BCUT2D eigenvalue weighted by atomic mass is 16.5. The van der Waals surface area contributed by atoms with Crippen LogP contribution >= 0.6 is 0 Å². The quantitative estimate of drug-likeness (QED) is 0.453. The van der Waals surface area contributed by atoms with Crippen molar-refractivity contribution in [3.05, 3.63) is 0 Å². The zero-order valence-electron chi connectivity index (χ0n) is 18.8. The Balaban J connectivity index is 1.93. The van der Waals surface area contributed by atoms with Gasteiger partial charge in [0.1, 0.15) is 0 Å². The second-order valence-corrected chi connectivity index (χ2v) is 8.33. The highest BCUT2D eigenvalue weighted by molar-refractivity contribution is 5.79. The van der Waals surface area contributed by atoms with Crippen molar-refractivity contribution >= 4 is 5.96 Å². The van der Waals surface area contributed by atoms with Gasteiger partial charge in [0.15, 0.2) is 5.96 Å². The number of guanidine groups is 1. The number of hydrogen-bond donors (Lipinski definition) is 2. The molecule has 2 aliphatic rings. The van der Waals surface area contributed by atoms with Gasteiger partial charge in [0.05, 0.1) is 13.2 Å². The molecular formula is C21H43N5O2. The van der Waals surface area contributed by atoms with Crippen LogP contribution in [-0.2, 0) is 9.47 Å². The maximum atomic E-state index is 5.59. The van der Waals surface area contributed by atoms with Crippen molar-refractivity contribution in [2.45, 2.75) is 51.1 Å². The normalized spacial score (nSPS) is 22.5. The molecule has 2 N–H and O–H groups in total. The van der Waals surface area contributed by atoms with Crippen LogP contribution in [0.2, 0.25) is 0 Å². The van der Waals surface area contributed by atoms with Gasteiger partial charge in [-0.25, -0.2) is 0 Å². The number of nitrogens with one attached hydrogen (secondary N) is 2. The summed E-state index contributed by atoms with van der Waals surface area (Å²) in [6.07, 6.45) is 4.51. The Morgan fingerprint density at radius 3 is 2.18 bits per heavy atom. The largest absolute Gasteiger partial charge is 0.381 e. The molecule has 2 heterocycles. The van der Waals surface area contributed by atoms with E-state index in [2.05, 4.69) is 53.4 Å². The second kappa shape index (κ2) is 12.0. The molecule has 0 aromatic heterocycles. The van der Waals surface area contributed by atoms with Crippen LogP contribution in [0.3, 0.4) is 0 Å². The van der Waals surface area contributed by atoms with Crippen molar-refractivity contribution in [3.8, 4) is 0 Å². The van der Waals surface area contributed by atoms with Gasteiger partial charge in [0.2, 0.25) is 0 Å². The maximum Gasteiger partial charge on any atom is 0.191 e. The third kappa shape index (κ3) is 6.31. The topological polar surface area (TPSA) is 61.4 Å². The van der Waals surface area contributed by atoms with E-state index in [4.69, 9.17) is 9.47 Å². The van der Waals surface area contributed by atoms with E-state index in [1.165, 1.54) is 12.8 Å². The highest BCUT2D eigenvalue weighted by Crippen LogP contribution is 2.25. The fourth-order valence-corrected chi connectivity index (χ4v) is 4.54. The molecule has 0 spiro atoms. The molecule has 2 rings (SSSR count). The summed E-state index contributed by atoms with van der Waals surface area (Å²) in [6.45, 7) is 11.8.